The van der Waals surface area contributed by atoms with Crippen LogP contribution in [0.4, 0.5) is 17.6 Å². The lowest BCUT2D eigenvalue weighted by molar-refractivity contribution is -0.138. The lowest BCUT2D eigenvalue weighted by atomic mass is 10.1. The van der Waals surface area contributed by atoms with Crippen molar-refractivity contribution in [1.29, 1.82) is 0 Å². The Morgan fingerprint density at radius 2 is 1.79 bits per heavy atom. The Bertz CT molecular complexity index is 988. The molecule has 0 aliphatic carbocycles. The van der Waals surface area contributed by atoms with E-state index in [0.717, 1.165) is 17.8 Å². The number of para-hydroxylation sites is 1. The molecule has 0 N–H and O–H groups in total. The van der Waals surface area contributed by atoms with Crippen molar-refractivity contribution in [2.24, 2.45) is 0 Å². The maximum Gasteiger partial charge on any atom is 0.416 e. The number of benzene rings is 2. The standard InChI is InChI=1S/C20H17F4N3OS/c1-2-11-27-18(12-28-17-10-6-5-9-16(17)21)25-26-19(27)29-13-14-7-3-4-8-15(14)20(22,23)24/h2-10H,1,11-13H2. The summed E-state index contributed by atoms with van der Waals surface area (Å²) in [5.41, 5.74) is -0.521. The average molecular weight is 423 g/mol. The van der Waals surface area contributed by atoms with Gasteiger partial charge < -0.3 is 4.74 Å². The van der Waals surface area contributed by atoms with Crippen molar-refractivity contribution in [3.05, 3.63) is 84.0 Å². The minimum Gasteiger partial charge on any atom is -0.483 e. The van der Waals surface area contributed by atoms with Crippen molar-refractivity contribution in [2.45, 2.75) is 30.2 Å². The fourth-order valence-corrected chi connectivity index (χ4v) is 3.58. The minimum atomic E-state index is -4.43. The van der Waals surface area contributed by atoms with Crippen molar-refractivity contribution in [3.63, 3.8) is 0 Å². The molecule has 0 aliphatic rings. The summed E-state index contributed by atoms with van der Waals surface area (Å²) in [5.74, 6) is 0.0634. The third-order valence-corrected chi connectivity index (χ3v) is 4.99. The van der Waals surface area contributed by atoms with E-state index >= 15 is 0 Å². The molecule has 3 aromatic rings. The summed E-state index contributed by atoms with van der Waals surface area (Å²) in [6.45, 7) is 3.98. The zero-order valence-electron chi connectivity index (χ0n) is 15.2. The number of allylic oxidation sites excluding steroid dienone is 1. The molecule has 9 heteroatoms. The first kappa shape index (κ1) is 20.9. The van der Waals surface area contributed by atoms with Crippen LogP contribution in [0.5, 0.6) is 5.75 Å². The van der Waals surface area contributed by atoms with Crippen LogP contribution in [0.2, 0.25) is 0 Å². The topological polar surface area (TPSA) is 39.9 Å². The SMILES string of the molecule is C=CCn1c(COc2ccccc2F)nnc1SCc1ccccc1C(F)(F)F. The van der Waals surface area contributed by atoms with Crippen LogP contribution in [-0.4, -0.2) is 14.8 Å². The molecule has 0 amide bonds. The molecule has 0 spiro atoms. The summed E-state index contributed by atoms with van der Waals surface area (Å²) in [6, 6.07) is 11.4. The highest BCUT2D eigenvalue weighted by atomic mass is 32.2. The molecule has 0 atom stereocenters. The molecule has 0 unspecified atom stereocenters. The van der Waals surface area contributed by atoms with Gasteiger partial charge in [-0.2, -0.15) is 13.2 Å². The van der Waals surface area contributed by atoms with Gasteiger partial charge in [-0.1, -0.05) is 48.2 Å². The van der Waals surface area contributed by atoms with Crippen LogP contribution in [0.1, 0.15) is 17.0 Å². The Balaban J connectivity index is 1.76. The molecule has 0 saturated heterocycles. The van der Waals surface area contributed by atoms with Crippen LogP contribution in [-0.2, 0) is 25.1 Å². The molecule has 4 nitrogen and oxygen atoms in total. The number of alkyl halides is 3. The second kappa shape index (κ2) is 9.13. The molecule has 0 radical (unpaired) electrons. The first-order chi connectivity index (χ1) is 13.9. The van der Waals surface area contributed by atoms with Crippen LogP contribution in [0.25, 0.3) is 0 Å². The molecule has 2 aromatic carbocycles. The van der Waals surface area contributed by atoms with Gasteiger partial charge in [-0.15, -0.1) is 16.8 Å². The van der Waals surface area contributed by atoms with E-state index in [1.807, 2.05) is 0 Å². The van der Waals surface area contributed by atoms with E-state index in [1.54, 1.807) is 28.8 Å². The molecule has 0 aliphatic heterocycles. The molecular formula is C20H17F4N3OS. The van der Waals surface area contributed by atoms with Gasteiger partial charge in [0.2, 0.25) is 0 Å². The van der Waals surface area contributed by atoms with E-state index in [1.165, 1.54) is 24.3 Å². The smallest absolute Gasteiger partial charge is 0.416 e. The van der Waals surface area contributed by atoms with Gasteiger partial charge >= 0.3 is 6.18 Å². The number of thioether (sulfide) groups is 1. The number of ether oxygens (including phenoxy) is 1. The predicted octanol–water partition coefficient (Wildman–Crippen LogP) is 5.49. The van der Waals surface area contributed by atoms with Gasteiger partial charge in [0.05, 0.1) is 5.56 Å². The van der Waals surface area contributed by atoms with Gasteiger partial charge in [-0.25, -0.2) is 4.39 Å². The number of hydrogen-bond donors (Lipinski definition) is 0. The van der Waals surface area contributed by atoms with Gasteiger partial charge in [-0.05, 0) is 23.8 Å². The van der Waals surface area contributed by atoms with Crippen LogP contribution >= 0.6 is 11.8 Å². The molecule has 1 heterocycles. The maximum absolute atomic E-state index is 13.7. The second-order valence-corrected chi connectivity index (χ2v) is 6.90. The molecule has 0 fully saturated rings. The van der Waals surface area contributed by atoms with Gasteiger partial charge in [0.1, 0.15) is 6.61 Å². The molecule has 29 heavy (non-hydrogen) atoms. The summed E-state index contributed by atoms with van der Waals surface area (Å²) in [6.07, 6.45) is -2.81. The number of rotatable bonds is 8. The monoisotopic (exact) mass is 423 g/mol. The van der Waals surface area contributed by atoms with Gasteiger partial charge in [-0.3, -0.25) is 4.57 Å². The quantitative estimate of drug-likeness (QED) is 0.273. The highest BCUT2D eigenvalue weighted by molar-refractivity contribution is 7.98. The van der Waals surface area contributed by atoms with E-state index in [-0.39, 0.29) is 23.7 Å². The lowest BCUT2D eigenvalue weighted by Gasteiger charge is -2.13. The number of halogens is 4. The molecule has 1 aromatic heterocycles. The lowest BCUT2D eigenvalue weighted by Crippen LogP contribution is -2.09. The third kappa shape index (κ3) is 5.17. The van der Waals surface area contributed by atoms with Crippen molar-refractivity contribution in [1.82, 2.24) is 14.8 Å². The molecule has 0 bridgehead atoms. The first-order valence-corrected chi connectivity index (χ1v) is 9.57. The average Bonchev–Trinajstić information content (AvgIpc) is 3.07. The summed E-state index contributed by atoms with van der Waals surface area (Å²) in [7, 11) is 0. The fourth-order valence-electron chi connectivity index (χ4n) is 2.61. The summed E-state index contributed by atoms with van der Waals surface area (Å²) < 4.78 is 60.4. The van der Waals surface area contributed by atoms with Crippen LogP contribution < -0.4 is 4.74 Å². The Hall–Kier alpha value is -2.81. The fraction of sp³-hybridized carbons (Fsp3) is 0.200. The second-order valence-electron chi connectivity index (χ2n) is 5.96. The highest BCUT2D eigenvalue weighted by Gasteiger charge is 2.32. The van der Waals surface area contributed by atoms with Crippen LogP contribution in [0.3, 0.4) is 0 Å². The normalized spacial score (nSPS) is 11.4. The highest BCUT2D eigenvalue weighted by Crippen LogP contribution is 2.34. The minimum absolute atomic E-state index is 0.0402. The third-order valence-electron chi connectivity index (χ3n) is 3.98. The first-order valence-electron chi connectivity index (χ1n) is 8.58. The van der Waals surface area contributed by atoms with E-state index in [4.69, 9.17) is 4.74 Å². The van der Waals surface area contributed by atoms with Gasteiger partial charge in [0.15, 0.2) is 22.5 Å². The van der Waals surface area contributed by atoms with Crippen molar-refractivity contribution >= 4 is 11.8 Å². The Morgan fingerprint density at radius 3 is 2.52 bits per heavy atom. The van der Waals surface area contributed by atoms with Crippen molar-refractivity contribution in [3.8, 4) is 5.75 Å². The van der Waals surface area contributed by atoms with Crippen LogP contribution in [0, 0.1) is 5.82 Å². The zero-order chi connectivity index (χ0) is 20.9. The van der Waals surface area contributed by atoms with Crippen molar-refractivity contribution < 1.29 is 22.3 Å². The van der Waals surface area contributed by atoms with Crippen molar-refractivity contribution in [2.75, 3.05) is 0 Å². The molecule has 152 valence electrons. The van der Waals surface area contributed by atoms with Gasteiger partial charge in [0, 0.05) is 12.3 Å². The molecule has 3 rings (SSSR count). The predicted molar refractivity (Wildman–Crippen MR) is 102 cm³/mol. The largest absolute Gasteiger partial charge is 0.483 e. The zero-order valence-corrected chi connectivity index (χ0v) is 16.0. The summed E-state index contributed by atoms with van der Waals surface area (Å²) >= 11 is 1.13. The van der Waals surface area contributed by atoms with E-state index in [9.17, 15) is 17.6 Å². The maximum atomic E-state index is 13.7. The summed E-state index contributed by atoms with van der Waals surface area (Å²) in [5, 5.41) is 8.51. The van der Waals surface area contributed by atoms with E-state index < -0.39 is 17.6 Å². The van der Waals surface area contributed by atoms with Gasteiger partial charge in [0.25, 0.3) is 0 Å². The Kier molecular flexibility index (Phi) is 6.58. The Labute approximate surface area is 169 Å². The number of aromatic nitrogens is 3. The molecule has 0 saturated carbocycles. The van der Waals surface area contributed by atoms with E-state index in [2.05, 4.69) is 16.8 Å². The Morgan fingerprint density at radius 1 is 1.07 bits per heavy atom. The summed E-state index contributed by atoms with van der Waals surface area (Å²) in [4.78, 5) is 0. The molecular weight excluding hydrogens is 406 g/mol. The number of nitrogens with zero attached hydrogens (tertiary/aromatic N) is 3. The van der Waals surface area contributed by atoms with E-state index in [0.29, 0.717) is 17.5 Å². The van der Waals surface area contributed by atoms with Crippen LogP contribution in [0.15, 0.2) is 66.3 Å². The number of hydrogen-bond acceptors (Lipinski definition) is 4.